The maximum Gasteiger partial charge on any atom is 0.308 e. The third-order valence-electron chi connectivity index (χ3n) is 6.07. The summed E-state index contributed by atoms with van der Waals surface area (Å²) in [6.45, 7) is 1.49. The Balaban J connectivity index is 2.08. The highest BCUT2D eigenvalue weighted by atomic mass is 79.9. The molecule has 1 N–H and O–H groups in total. The van der Waals surface area contributed by atoms with E-state index in [1.54, 1.807) is 48.5 Å². The lowest BCUT2D eigenvalue weighted by Crippen LogP contribution is -2.51. The molecule has 1 aliphatic heterocycles. The van der Waals surface area contributed by atoms with E-state index in [-0.39, 0.29) is 11.1 Å². The Morgan fingerprint density at radius 2 is 1.65 bits per heavy atom. The average Bonchev–Trinajstić information content (AvgIpc) is 3.05. The van der Waals surface area contributed by atoms with Gasteiger partial charge in [0.05, 0.1) is 23.1 Å². The molecule has 0 radical (unpaired) electrons. The van der Waals surface area contributed by atoms with Gasteiger partial charge < -0.3 is 9.84 Å². The van der Waals surface area contributed by atoms with Gasteiger partial charge in [0, 0.05) is 27.2 Å². The number of fused-ring (bicyclic) bond motifs is 1. The maximum absolute atomic E-state index is 15.6. The molecule has 0 spiro atoms. The van der Waals surface area contributed by atoms with Gasteiger partial charge in [0.25, 0.3) is 5.91 Å². The number of nitrogens with zero attached hydrogens (tertiary/aromatic N) is 1. The summed E-state index contributed by atoms with van der Waals surface area (Å²) in [4.78, 5) is 27.5. The van der Waals surface area contributed by atoms with Gasteiger partial charge in [-0.05, 0) is 48.9 Å². The van der Waals surface area contributed by atoms with E-state index in [1.165, 1.54) is 31.1 Å². The van der Waals surface area contributed by atoms with Crippen molar-refractivity contribution in [3.8, 4) is 0 Å². The molecule has 3 aromatic rings. The number of hydrogen-bond acceptors (Lipinski definition) is 3. The number of carbonyl (C=O) groups is 2. The van der Waals surface area contributed by atoms with E-state index in [1.807, 2.05) is 0 Å². The fraction of sp³-hybridized carbons (Fsp3) is 0.200. The van der Waals surface area contributed by atoms with Crippen molar-refractivity contribution in [3.63, 3.8) is 0 Å². The lowest BCUT2D eigenvalue weighted by Gasteiger charge is -2.44. The van der Waals surface area contributed by atoms with Gasteiger partial charge in [0.15, 0.2) is 5.72 Å². The molecule has 2 unspecified atom stereocenters. The van der Waals surface area contributed by atoms with Gasteiger partial charge in [-0.2, -0.15) is 0 Å². The number of halogens is 4. The summed E-state index contributed by atoms with van der Waals surface area (Å²) in [5.74, 6) is -3.45. The van der Waals surface area contributed by atoms with Crippen molar-refractivity contribution < 1.29 is 23.8 Å². The number of carboxylic acid groups (broad SMARTS) is 1. The minimum absolute atomic E-state index is 0.00192. The van der Waals surface area contributed by atoms with Crippen LogP contribution in [0, 0.1) is 11.7 Å². The van der Waals surface area contributed by atoms with Crippen molar-refractivity contribution >= 4 is 51.0 Å². The molecule has 0 aliphatic carbocycles. The normalized spacial score (nSPS) is 19.1. The van der Waals surface area contributed by atoms with Crippen LogP contribution in [0.5, 0.6) is 0 Å². The SMILES string of the molecule is CO[C@]1(c2ccc(Cl)cc2)c2c(F)cc(Br)cc2C(=O)N1C(c1ccc(Cl)cc1)C(C)C(=O)O. The minimum Gasteiger partial charge on any atom is -0.481 e. The van der Waals surface area contributed by atoms with Crippen LogP contribution in [0.4, 0.5) is 4.39 Å². The van der Waals surface area contributed by atoms with Gasteiger partial charge in [-0.3, -0.25) is 14.5 Å². The average molecular weight is 567 g/mol. The number of benzene rings is 3. The van der Waals surface area contributed by atoms with Crippen molar-refractivity contribution in [1.82, 2.24) is 4.90 Å². The summed E-state index contributed by atoms with van der Waals surface area (Å²) in [6, 6.07) is 14.7. The molecular weight excluding hydrogens is 548 g/mol. The van der Waals surface area contributed by atoms with E-state index in [9.17, 15) is 14.7 Å². The topological polar surface area (TPSA) is 66.8 Å². The van der Waals surface area contributed by atoms with Gasteiger partial charge in [0.1, 0.15) is 5.82 Å². The van der Waals surface area contributed by atoms with Crippen LogP contribution in [-0.2, 0) is 15.3 Å². The van der Waals surface area contributed by atoms with Crippen molar-refractivity contribution in [2.45, 2.75) is 18.7 Å². The molecule has 176 valence electrons. The zero-order chi connectivity index (χ0) is 24.8. The van der Waals surface area contributed by atoms with Crippen molar-refractivity contribution in [2.24, 2.45) is 5.92 Å². The summed E-state index contributed by atoms with van der Waals surface area (Å²) in [6.07, 6.45) is 0. The van der Waals surface area contributed by atoms with E-state index >= 15 is 4.39 Å². The van der Waals surface area contributed by atoms with Gasteiger partial charge in [-0.1, -0.05) is 63.4 Å². The third-order valence-corrected chi connectivity index (χ3v) is 7.03. The smallest absolute Gasteiger partial charge is 0.308 e. The molecule has 1 amide bonds. The summed E-state index contributed by atoms with van der Waals surface area (Å²) in [5.41, 5.74) is -0.752. The van der Waals surface area contributed by atoms with E-state index in [2.05, 4.69) is 15.9 Å². The highest BCUT2D eigenvalue weighted by molar-refractivity contribution is 9.10. The fourth-order valence-electron chi connectivity index (χ4n) is 4.54. The molecule has 0 fully saturated rings. The first-order chi connectivity index (χ1) is 16.1. The quantitative estimate of drug-likeness (QED) is 0.362. The Bertz CT molecular complexity index is 1270. The van der Waals surface area contributed by atoms with Gasteiger partial charge >= 0.3 is 5.97 Å². The monoisotopic (exact) mass is 565 g/mol. The van der Waals surface area contributed by atoms with Crippen LogP contribution in [0.25, 0.3) is 0 Å². The van der Waals surface area contributed by atoms with E-state index < -0.39 is 35.4 Å². The Hall–Kier alpha value is -2.45. The van der Waals surface area contributed by atoms with Gasteiger partial charge in [0.2, 0.25) is 0 Å². The summed E-state index contributed by atoms with van der Waals surface area (Å²) >= 11 is 15.4. The minimum atomic E-state index is -1.75. The second kappa shape index (κ2) is 9.30. The zero-order valence-corrected chi connectivity index (χ0v) is 21.2. The third kappa shape index (κ3) is 3.90. The van der Waals surface area contributed by atoms with E-state index in [0.717, 1.165) is 0 Å². The van der Waals surface area contributed by atoms with Crippen molar-refractivity contribution in [2.75, 3.05) is 7.11 Å². The second-order valence-corrected chi connectivity index (χ2v) is 9.75. The number of aliphatic carboxylic acids is 1. The highest BCUT2D eigenvalue weighted by Gasteiger charge is 2.57. The largest absolute Gasteiger partial charge is 0.481 e. The number of methoxy groups -OCH3 is 1. The molecular formula is C25H19BrCl2FNO4. The van der Waals surface area contributed by atoms with E-state index in [0.29, 0.717) is 25.6 Å². The zero-order valence-electron chi connectivity index (χ0n) is 18.1. The summed E-state index contributed by atoms with van der Waals surface area (Å²) < 4.78 is 21.9. The molecule has 0 saturated heterocycles. The molecule has 3 atom stereocenters. The molecule has 5 nitrogen and oxygen atoms in total. The van der Waals surface area contributed by atoms with Crippen LogP contribution in [0.1, 0.15) is 40.0 Å². The lowest BCUT2D eigenvalue weighted by molar-refractivity contribution is -0.149. The van der Waals surface area contributed by atoms with E-state index in [4.69, 9.17) is 27.9 Å². The molecule has 0 aromatic heterocycles. The molecule has 9 heteroatoms. The highest BCUT2D eigenvalue weighted by Crippen LogP contribution is 2.52. The Kier molecular flexibility index (Phi) is 6.75. The molecule has 3 aromatic carbocycles. The molecule has 34 heavy (non-hydrogen) atoms. The number of hydrogen-bond donors (Lipinski definition) is 1. The number of ether oxygens (including phenoxy) is 1. The molecule has 1 aliphatic rings. The van der Waals surface area contributed by atoms with Crippen LogP contribution < -0.4 is 0 Å². The van der Waals surface area contributed by atoms with Gasteiger partial charge in [-0.25, -0.2) is 4.39 Å². The van der Waals surface area contributed by atoms with Crippen molar-refractivity contribution in [1.29, 1.82) is 0 Å². The van der Waals surface area contributed by atoms with Crippen LogP contribution in [-0.4, -0.2) is 29.0 Å². The first kappa shape index (κ1) is 24.7. The number of carbonyl (C=O) groups excluding carboxylic acids is 1. The first-order valence-corrected chi connectivity index (χ1v) is 11.8. The predicted molar refractivity (Wildman–Crippen MR) is 131 cm³/mol. The van der Waals surface area contributed by atoms with Crippen LogP contribution in [0.3, 0.4) is 0 Å². The molecule has 4 rings (SSSR count). The van der Waals surface area contributed by atoms with Crippen LogP contribution in [0.15, 0.2) is 65.1 Å². The number of carboxylic acids is 1. The Morgan fingerprint density at radius 3 is 2.18 bits per heavy atom. The maximum atomic E-state index is 15.6. The molecule has 1 heterocycles. The number of rotatable bonds is 6. The predicted octanol–water partition coefficient (Wildman–Crippen LogP) is 6.66. The Labute approximate surface area is 214 Å². The first-order valence-electron chi connectivity index (χ1n) is 10.2. The lowest BCUT2D eigenvalue weighted by atomic mass is 9.88. The summed E-state index contributed by atoms with van der Waals surface area (Å²) in [5, 5.41) is 10.9. The van der Waals surface area contributed by atoms with Crippen LogP contribution >= 0.6 is 39.1 Å². The van der Waals surface area contributed by atoms with Crippen LogP contribution in [0.2, 0.25) is 10.0 Å². The standard InChI is InChI=1S/C25H19BrCl2FNO4/c1-13(24(32)33)22(14-3-7-17(27)8-4-14)30-23(31)19-11-16(26)12-20(29)21(19)25(30,34-2)15-5-9-18(28)10-6-15/h3-13,22H,1-2H3,(H,32,33)/t13?,22?,25-/m1/s1. The molecule has 0 saturated carbocycles. The summed E-state index contributed by atoms with van der Waals surface area (Å²) in [7, 11) is 1.36. The fourth-order valence-corrected chi connectivity index (χ4v) is 5.22. The number of amides is 1. The van der Waals surface area contributed by atoms with Crippen molar-refractivity contribution in [3.05, 3.63) is 103 Å². The molecule has 0 bridgehead atoms. The Morgan fingerprint density at radius 1 is 1.09 bits per heavy atom. The van der Waals surface area contributed by atoms with Gasteiger partial charge in [-0.15, -0.1) is 0 Å². The second-order valence-electron chi connectivity index (χ2n) is 7.96.